The van der Waals surface area contributed by atoms with Crippen molar-refractivity contribution < 1.29 is 22.0 Å². The van der Waals surface area contributed by atoms with E-state index in [1.54, 1.807) is 13.8 Å². The zero-order chi connectivity index (χ0) is 21.0. The van der Waals surface area contributed by atoms with Gasteiger partial charge in [-0.1, -0.05) is 13.8 Å². The summed E-state index contributed by atoms with van der Waals surface area (Å²) in [4.78, 5) is 8.13. The summed E-state index contributed by atoms with van der Waals surface area (Å²) in [6.45, 7) is 5.65. The highest BCUT2D eigenvalue weighted by atomic mass is 19.4. The molecule has 150 valence electrons. The maximum atomic E-state index is 13.6. The van der Waals surface area contributed by atoms with Crippen LogP contribution in [-0.4, -0.2) is 19.7 Å². The Labute approximate surface area is 157 Å². The third kappa shape index (κ3) is 3.38. The van der Waals surface area contributed by atoms with Gasteiger partial charge >= 0.3 is 6.18 Å². The van der Waals surface area contributed by atoms with Crippen LogP contribution in [0.3, 0.4) is 0 Å². The summed E-state index contributed by atoms with van der Waals surface area (Å²) < 4.78 is 68.8. The van der Waals surface area contributed by atoms with Crippen LogP contribution >= 0.6 is 0 Å². The van der Waals surface area contributed by atoms with E-state index in [4.69, 9.17) is 5.73 Å². The molecule has 0 amide bonds. The number of fused-ring (bicyclic) bond motifs is 1. The third-order valence-corrected chi connectivity index (χ3v) is 4.35. The van der Waals surface area contributed by atoms with Gasteiger partial charge in [-0.2, -0.15) is 17.9 Å². The molecule has 3 rings (SSSR count). The number of pyridine rings is 2. The molecule has 0 atom stereocenters. The van der Waals surface area contributed by atoms with Crippen LogP contribution in [0.15, 0.2) is 18.3 Å². The number of hydrogen-bond donors (Lipinski definition) is 1. The molecule has 0 bridgehead atoms. The van der Waals surface area contributed by atoms with Crippen LogP contribution in [0, 0.1) is 6.92 Å². The van der Waals surface area contributed by atoms with E-state index in [0.29, 0.717) is 0 Å². The van der Waals surface area contributed by atoms with E-state index >= 15 is 0 Å². The van der Waals surface area contributed by atoms with Gasteiger partial charge in [0.1, 0.15) is 5.82 Å². The van der Waals surface area contributed by atoms with E-state index in [9.17, 15) is 22.0 Å². The maximum Gasteiger partial charge on any atom is 0.417 e. The molecule has 5 nitrogen and oxygen atoms in total. The quantitative estimate of drug-likeness (QED) is 0.632. The molecule has 0 fully saturated rings. The molecule has 0 aliphatic carbocycles. The number of nitrogen functional groups attached to an aromatic ring is 1. The van der Waals surface area contributed by atoms with Crippen LogP contribution in [-0.2, 0) is 12.1 Å². The Morgan fingerprint density at radius 3 is 2.25 bits per heavy atom. The van der Waals surface area contributed by atoms with Gasteiger partial charge in [0.25, 0.3) is 5.92 Å². The fourth-order valence-corrected chi connectivity index (χ4v) is 2.84. The highest BCUT2D eigenvalue weighted by Gasteiger charge is 2.36. The lowest BCUT2D eigenvalue weighted by Gasteiger charge is -2.13. The maximum absolute atomic E-state index is 13.6. The molecule has 10 heteroatoms. The molecule has 0 aliphatic rings. The molecular formula is C18H18F5N5. The first-order valence-electron chi connectivity index (χ1n) is 8.42. The van der Waals surface area contributed by atoms with Crippen LogP contribution in [0.1, 0.15) is 49.1 Å². The number of rotatable bonds is 3. The molecule has 0 radical (unpaired) electrons. The Morgan fingerprint density at radius 2 is 1.75 bits per heavy atom. The lowest BCUT2D eigenvalue weighted by molar-refractivity contribution is -0.136. The average molecular weight is 399 g/mol. The van der Waals surface area contributed by atoms with Crippen LogP contribution in [0.25, 0.3) is 16.9 Å². The van der Waals surface area contributed by atoms with Crippen molar-refractivity contribution in [1.82, 2.24) is 19.7 Å². The van der Waals surface area contributed by atoms with Crippen molar-refractivity contribution in [3.63, 3.8) is 0 Å². The largest absolute Gasteiger partial charge is 0.417 e. The average Bonchev–Trinajstić information content (AvgIpc) is 2.89. The van der Waals surface area contributed by atoms with E-state index in [-0.39, 0.29) is 45.4 Å². The SMILES string of the molecule is Cc1cc(C(C)(F)F)cnc1-n1nc2nc(C(C)C)cc(C(F)(F)F)c2c1N. The lowest BCUT2D eigenvalue weighted by Crippen LogP contribution is -2.12. The number of aryl methyl sites for hydroxylation is 1. The molecule has 3 heterocycles. The van der Waals surface area contributed by atoms with Gasteiger partial charge in [0.05, 0.1) is 10.9 Å². The second kappa shape index (κ2) is 6.39. The molecule has 0 spiro atoms. The summed E-state index contributed by atoms with van der Waals surface area (Å²) in [5.41, 5.74) is 5.02. The van der Waals surface area contributed by atoms with Crippen molar-refractivity contribution in [1.29, 1.82) is 0 Å². The minimum absolute atomic E-state index is 0.0581. The van der Waals surface area contributed by atoms with Crippen molar-refractivity contribution >= 4 is 16.9 Å². The van der Waals surface area contributed by atoms with Gasteiger partial charge in [0, 0.05) is 24.4 Å². The lowest BCUT2D eigenvalue weighted by atomic mass is 10.0. The smallest absolute Gasteiger partial charge is 0.383 e. The Balaban J connectivity index is 2.28. The minimum atomic E-state index is -4.66. The van der Waals surface area contributed by atoms with Gasteiger partial charge in [0.15, 0.2) is 11.5 Å². The molecule has 2 N–H and O–H groups in total. The van der Waals surface area contributed by atoms with Crippen molar-refractivity contribution in [3.8, 4) is 5.82 Å². The predicted molar refractivity (Wildman–Crippen MR) is 94.5 cm³/mol. The first kappa shape index (κ1) is 20.0. The number of nitrogens with two attached hydrogens (primary N) is 1. The number of alkyl halides is 5. The van der Waals surface area contributed by atoms with Crippen molar-refractivity contribution in [2.24, 2.45) is 0 Å². The van der Waals surface area contributed by atoms with E-state index < -0.39 is 17.7 Å². The third-order valence-electron chi connectivity index (χ3n) is 4.35. The van der Waals surface area contributed by atoms with Crippen LogP contribution in [0.5, 0.6) is 0 Å². The number of aromatic nitrogens is 4. The Kier molecular flexibility index (Phi) is 4.55. The van der Waals surface area contributed by atoms with Gasteiger partial charge in [-0.15, -0.1) is 5.10 Å². The predicted octanol–water partition coefficient (Wildman–Crippen LogP) is 4.96. The highest BCUT2D eigenvalue weighted by Crippen LogP contribution is 2.39. The van der Waals surface area contributed by atoms with E-state index in [1.807, 2.05) is 0 Å². The first-order chi connectivity index (χ1) is 12.8. The van der Waals surface area contributed by atoms with Crippen LogP contribution in [0.4, 0.5) is 27.8 Å². The summed E-state index contributed by atoms with van der Waals surface area (Å²) in [6.07, 6.45) is -3.71. The zero-order valence-electron chi connectivity index (χ0n) is 15.6. The molecule has 3 aromatic rings. The topological polar surface area (TPSA) is 69.6 Å². The summed E-state index contributed by atoms with van der Waals surface area (Å²) in [7, 11) is 0. The van der Waals surface area contributed by atoms with Gasteiger partial charge < -0.3 is 5.73 Å². The summed E-state index contributed by atoms with van der Waals surface area (Å²) >= 11 is 0. The molecule has 3 aromatic heterocycles. The second-order valence-corrected chi connectivity index (χ2v) is 7.00. The number of nitrogens with zero attached hydrogens (tertiary/aromatic N) is 4. The summed E-state index contributed by atoms with van der Waals surface area (Å²) in [6, 6.07) is 2.15. The van der Waals surface area contributed by atoms with Gasteiger partial charge in [-0.25, -0.2) is 18.7 Å². The van der Waals surface area contributed by atoms with Gasteiger partial charge in [-0.3, -0.25) is 0 Å². The van der Waals surface area contributed by atoms with E-state index in [1.165, 1.54) is 13.0 Å². The fourth-order valence-electron chi connectivity index (χ4n) is 2.84. The highest BCUT2D eigenvalue weighted by molar-refractivity contribution is 5.91. The zero-order valence-corrected chi connectivity index (χ0v) is 15.6. The molecule has 0 unspecified atom stereocenters. The van der Waals surface area contributed by atoms with Crippen molar-refractivity contribution in [2.75, 3.05) is 5.73 Å². The number of hydrogen-bond acceptors (Lipinski definition) is 4. The van der Waals surface area contributed by atoms with E-state index in [2.05, 4.69) is 15.1 Å². The number of halogens is 5. The summed E-state index contributed by atoms with van der Waals surface area (Å²) in [5.74, 6) is -3.62. The molecule has 0 aliphatic heterocycles. The Morgan fingerprint density at radius 1 is 1.11 bits per heavy atom. The molecular weight excluding hydrogens is 381 g/mol. The molecule has 0 saturated carbocycles. The molecule has 0 saturated heterocycles. The monoisotopic (exact) mass is 399 g/mol. The van der Waals surface area contributed by atoms with Gasteiger partial charge in [0.2, 0.25) is 0 Å². The Bertz CT molecular complexity index is 1050. The van der Waals surface area contributed by atoms with Crippen LogP contribution < -0.4 is 5.73 Å². The molecule has 0 aromatic carbocycles. The minimum Gasteiger partial charge on any atom is -0.383 e. The van der Waals surface area contributed by atoms with Crippen LogP contribution in [0.2, 0.25) is 0 Å². The fraction of sp³-hybridized carbons (Fsp3) is 0.389. The standard InChI is InChI=1S/C18H18F5N5/c1-8(2)12-6-11(18(21,22)23)13-14(24)28(27-15(13)26-12)16-9(3)5-10(7-25-16)17(4,19)20/h5-8H,24H2,1-4H3. The van der Waals surface area contributed by atoms with Crippen molar-refractivity contribution in [3.05, 3.63) is 40.7 Å². The van der Waals surface area contributed by atoms with Crippen molar-refractivity contribution in [2.45, 2.75) is 45.7 Å². The summed E-state index contributed by atoms with van der Waals surface area (Å²) in [5, 5.41) is 3.74. The Hall–Kier alpha value is -2.78. The first-order valence-corrected chi connectivity index (χ1v) is 8.42. The van der Waals surface area contributed by atoms with E-state index in [0.717, 1.165) is 23.9 Å². The second-order valence-electron chi connectivity index (χ2n) is 7.00. The normalized spacial score (nSPS) is 12.9. The number of anilines is 1. The van der Waals surface area contributed by atoms with Gasteiger partial charge in [-0.05, 0) is 30.5 Å². The molecule has 28 heavy (non-hydrogen) atoms.